The third-order valence-electron chi connectivity index (χ3n) is 5.41. The maximum atomic E-state index is 13.8. The molecule has 5 aromatic rings. The fraction of sp³-hybridized carbons (Fsp3) is 0.0741. The summed E-state index contributed by atoms with van der Waals surface area (Å²) >= 11 is 2.56. The monoisotopic (exact) mass is 501 g/mol. The molecule has 0 bridgehead atoms. The van der Waals surface area contributed by atoms with E-state index in [9.17, 15) is 14.0 Å². The average Bonchev–Trinajstić information content (AvgIpc) is 3.29. The molecule has 5 rings (SSSR count). The number of amides is 1. The number of hydrogen-bond donors (Lipinski definition) is 1. The first-order valence-electron chi connectivity index (χ1n) is 10.8. The number of carbonyl (C=O) groups is 1. The van der Waals surface area contributed by atoms with Gasteiger partial charge < -0.3 is 5.32 Å². The van der Waals surface area contributed by atoms with E-state index in [-0.39, 0.29) is 23.0 Å². The van der Waals surface area contributed by atoms with Crippen molar-refractivity contribution in [3.63, 3.8) is 0 Å². The summed E-state index contributed by atoms with van der Waals surface area (Å²) in [6.07, 6.45) is 0. The normalized spacial score (nSPS) is 11.0. The second-order valence-corrected chi connectivity index (χ2v) is 9.71. The lowest BCUT2D eigenvalue weighted by Gasteiger charge is -2.13. The number of benzene rings is 3. The van der Waals surface area contributed by atoms with E-state index < -0.39 is 0 Å². The summed E-state index contributed by atoms with van der Waals surface area (Å²) in [6, 6.07) is 22.8. The van der Waals surface area contributed by atoms with Gasteiger partial charge in [0.25, 0.3) is 5.56 Å². The molecule has 0 saturated carbocycles. The van der Waals surface area contributed by atoms with Crippen LogP contribution in [0.1, 0.15) is 5.56 Å². The number of para-hydroxylation sites is 1. The molecule has 0 aliphatic heterocycles. The summed E-state index contributed by atoms with van der Waals surface area (Å²) in [5.41, 5.74) is 3.70. The van der Waals surface area contributed by atoms with Crippen molar-refractivity contribution in [1.29, 1.82) is 0 Å². The van der Waals surface area contributed by atoms with Crippen LogP contribution in [0.15, 0.2) is 94.2 Å². The Bertz CT molecular complexity index is 1560. The smallest absolute Gasteiger partial charge is 0.268 e. The van der Waals surface area contributed by atoms with Gasteiger partial charge in [-0.3, -0.25) is 14.2 Å². The molecule has 0 unspecified atom stereocenters. The highest BCUT2D eigenvalue weighted by Crippen LogP contribution is 2.33. The molecular weight excluding hydrogens is 481 g/mol. The van der Waals surface area contributed by atoms with E-state index in [1.807, 2.05) is 66.9 Å². The van der Waals surface area contributed by atoms with Gasteiger partial charge in [0, 0.05) is 16.6 Å². The third-order valence-corrected chi connectivity index (χ3v) is 7.23. The molecular formula is C27H20FN3O2S2. The van der Waals surface area contributed by atoms with Gasteiger partial charge in [0.1, 0.15) is 10.6 Å². The van der Waals surface area contributed by atoms with Gasteiger partial charge in [0.15, 0.2) is 5.16 Å². The summed E-state index contributed by atoms with van der Waals surface area (Å²) < 4.78 is 15.0. The Kier molecular flexibility index (Phi) is 6.48. The second-order valence-electron chi connectivity index (χ2n) is 7.91. The zero-order chi connectivity index (χ0) is 24.4. The summed E-state index contributed by atoms with van der Waals surface area (Å²) in [5, 5.41) is 5.64. The summed E-state index contributed by atoms with van der Waals surface area (Å²) in [7, 11) is 0. The van der Waals surface area contributed by atoms with Gasteiger partial charge in [-0.15, -0.1) is 11.3 Å². The Balaban J connectivity index is 1.53. The largest absolute Gasteiger partial charge is 0.325 e. The Morgan fingerprint density at radius 3 is 2.46 bits per heavy atom. The first-order valence-corrected chi connectivity index (χ1v) is 12.7. The lowest BCUT2D eigenvalue weighted by atomic mass is 10.1. The predicted molar refractivity (Wildman–Crippen MR) is 141 cm³/mol. The second kappa shape index (κ2) is 9.85. The van der Waals surface area contributed by atoms with E-state index in [1.54, 1.807) is 12.1 Å². The molecule has 1 amide bonds. The highest BCUT2D eigenvalue weighted by atomic mass is 32.2. The number of aromatic nitrogens is 2. The molecule has 0 radical (unpaired) electrons. The molecule has 35 heavy (non-hydrogen) atoms. The van der Waals surface area contributed by atoms with Crippen LogP contribution in [0.5, 0.6) is 0 Å². The number of thiophene rings is 1. The predicted octanol–water partition coefficient (Wildman–Crippen LogP) is 6.29. The number of fused-ring (bicyclic) bond motifs is 1. The van der Waals surface area contributed by atoms with Crippen molar-refractivity contribution in [3.8, 4) is 16.8 Å². The van der Waals surface area contributed by atoms with Crippen molar-refractivity contribution >= 4 is 44.9 Å². The SMILES string of the molecule is Cc1ccc(NC(=O)CSc2nc3scc(-c4ccc(F)cc4)c3c(=O)n2-c2ccccc2)cc1. The van der Waals surface area contributed by atoms with Gasteiger partial charge in [-0.1, -0.05) is 59.8 Å². The third kappa shape index (κ3) is 4.89. The van der Waals surface area contributed by atoms with Crippen molar-refractivity contribution in [2.24, 2.45) is 0 Å². The molecule has 2 aromatic heterocycles. The van der Waals surface area contributed by atoms with Crippen molar-refractivity contribution in [2.45, 2.75) is 12.1 Å². The number of rotatable bonds is 6. The van der Waals surface area contributed by atoms with E-state index in [0.717, 1.165) is 11.1 Å². The highest BCUT2D eigenvalue weighted by molar-refractivity contribution is 7.99. The van der Waals surface area contributed by atoms with Gasteiger partial charge in [0.2, 0.25) is 5.91 Å². The Morgan fingerprint density at radius 2 is 1.74 bits per heavy atom. The van der Waals surface area contributed by atoms with Crippen molar-refractivity contribution in [3.05, 3.63) is 106 Å². The van der Waals surface area contributed by atoms with E-state index in [1.165, 1.54) is 39.8 Å². The number of anilines is 1. The summed E-state index contributed by atoms with van der Waals surface area (Å²) in [5.74, 6) is -0.434. The maximum Gasteiger partial charge on any atom is 0.268 e. The van der Waals surface area contributed by atoms with Gasteiger partial charge in [-0.05, 0) is 48.9 Å². The zero-order valence-electron chi connectivity index (χ0n) is 18.7. The number of halogens is 1. The van der Waals surface area contributed by atoms with E-state index in [2.05, 4.69) is 5.32 Å². The van der Waals surface area contributed by atoms with Crippen LogP contribution in [-0.2, 0) is 4.79 Å². The summed E-state index contributed by atoms with van der Waals surface area (Å²) in [4.78, 5) is 31.7. The molecule has 0 aliphatic carbocycles. The van der Waals surface area contributed by atoms with Gasteiger partial charge >= 0.3 is 0 Å². The topological polar surface area (TPSA) is 64.0 Å². The van der Waals surface area contributed by atoms with Crippen LogP contribution < -0.4 is 10.9 Å². The van der Waals surface area contributed by atoms with Crippen molar-refractivity contribution in [2.75, 3.05) is 11.1 Å². The number of thioether (sulfide) groups is 1. The minimum Gasteiger partial charge on any atom is -0.325 e. The lowest BCUT2D eigenvalue weighted by molar-refractivity contribution is -0.113. The van der Waals surface area contributed by atoms with Crippen LogP contribution in [0, 0.1) is 12.7 Å². The quantitative estimate of drug-likeness (QED) is 0.219. The first-order chi connectivity index (χ1) is 17.0. The minimum absolute atomic E-state index is 0.0921. The van der Waals surface area contributed by atoms with Gasteiger partial charge in [-0.25, -0.2) is 9.37 Å². The Hall–Kier alpha value is -3.75. The molecule has 8 heteroatoms. The molecule has 0 atom stereocenters. The molecule has 174 valence electrons. The van der Waals surface area contributed by atoms with E-state index in [0.29, 0.717) is 32.3 Å². The van der Waals surface area contributed by atoms with Crippen LogP contribution in [0.4, 0.5) is 10.1 Å². The maximum absolute atomic E-state index is 13.8. The molecule has 1 N–H and O–H groups in total. The fourth-order valence-corrected chi connectivity index (χ4v) is 5.48. The van der Waals surface area contributed by atoms with Crippen LogP contribution in [0.3, 0.4) is 0 Å². The number of hydrogen-bond acceptors (Lipinski definition) is 5. The number of nitrogens with one attached hydrogen (secondary N) is 1. The minimum atomic E-state index is -0.337. The molecule has 0 fully saturated rings. The zero-order valence-corrected chi connectivity index (χ0v) is 20.3. The van der Waals surface area contributed by atoms with Crippen LogP contribution in [0.2, 0.25) is 0 Å². The Morgan fingerprint density at radius 1 is 1.03 bits per heavy atom. The molecule has 0 spiro atoms. The first kappa shape index (κ1) is 23.0. The van der Waals surface area contributed by atoms with Gasteiger partial charge in [-0.2, -0.15) is 0 Å². The Labute approximate surface area is 209 Å². The average molecular weight is 502 g/mol. The molecule has 0 aliphatic rings. The van der Waals surface area contributed by atoms with Gasteiger partial charge in [0.05, 0.1) is 16.8 Å². The number of aryl methyl sites for hydroxylation is 1. The van der Waals surface area contributed by atoms with E-state index in [4.69, 9.17) is 4.98 Å². The van der Waals surface area contributed by atoms with Crippen LogP contribution in [-0.4, -0.2) is 21.2 Å². The van der Waals surface area contributed by atoms with Crippen molar-refractivity contribution in [1.82, 2.24) is 9.55 Å². The summed E-state index contributed by atoms with van der Waals surface area (Å²) in [6.45, 7) is 1.98. The molecule has 0 saturated heterocycles. The number of nitrogens with zero attached hydrogens (tertiary/aromatic N) is 2. The lowest BCUT2D eigenvalue weighted by Crippen LogP contribution is -2.22. The van der Waals surface area contributed by atoms with Crippen molar-refractivity contribution < 1.29 is 9.18 Å². The number of carbonyl (C=O) groups excluding carboxylic acids is 1. The van der Waals surface area contributed by atoms with E-state index >= 15 is 0 Å². The fourth-order valence-electron chi connectivity index (χ4n) is 3.68. The van der Waals surface area contributed by atoms with Crippen LogP contribution >= 0.6 is 23.1 Å². The van der Waals surface area contributed by atoms with Crippen LogP contribution in [0.25, 0.3) is 27.0 Å². The molecule has 3 aromatic carbocycles. The highest BCUT2D eigenvalue weighted by Gasteiger charge is 2.19. The molecule has 2 heterocycles. The standard InChI is InChI=1S/C27H20FN3O2S2/c1-17-7-13-20(14-8-17)29-23(32)16-35-27-30-25-24(26(33)31(27)21-5-3-2-4-6-21)22(15-34-25)18-9-11-19(28)12-10-18/h2-15H,16H2,1H3,(H,29,32). The molecule has 5 nitrogen and oxygen atoms in total.